The maximum Gasteiger partial charge on any atom is 0.224 e. The number of carbonyl (C=O) groups is 1. The molecule has 4 heteroatoms. The number of aryl methyl sites for hydroxylation is 1. The van der Waals surface area contributed by atoms with E-state index in [1.165, 1.54) is 5.56 Å². The standard InChI is InChI=1S/C16H20ClNO2/c1-16(8-3-9-20-16)15(17)12-6-7-13-11(10-12)4-2-5-14(19)18-13/h6-7,10,15H,2-5,8-9H2,1H3,(H,18,19). The average Bonchev–Trinajstić information content (AvgIpc) is 2.79. The van der Waals surface area contributed by atoms with Crippen LogP contribution in [0.2, 0.25) is 0 Å². The highest BCUT2D eigenvalue weighted by atomic mass is 35.5. The minimum atomic E-state index is -0.274. The quantitative estimate of drug-likeness (QED) is 0.842. The molecule has 2 aliphatic heterocycles. The lowest BCUT2D eigenvalue weighted by molar-refractivity contribution is -0.116. The number of ether oxygens (including phenoxy) is 1. The number of halogens is 1. The van der Waals surface area contributed by atoms with Gasteiger partial charge >= 0.3 is 0 Å². The van der Waals surface area contributed by atoms with Gasteiger partial charge in [-0.05, 0) is 49.8 Å². The molecule has 1 amide bonds. The Hall–Kier alpha value is -1.06. The molecule has 3 rings (SSSR count). The van der Waals surface area contributed by atoms with Gasteiger partial charge in [0, 0.05) is 18.7 Å². The maximum atomic E-state index is 11.6. The lowest BCUT2D eigenvalue weighted by Gasteiger charge is -2.29. The van der Waals surface area contributed by atoms with E-state index in [9.17, 15) is 4.79 Å². The van der Waals surface area contributed by atoms with Crippen molar-refractivity contribution in [2.75, 3.05) is 11.9 Å². The van der Waals surface area contributed by atoms with Crippen LogP contribution in [0.1, 0.15) is 49.1 Å². The van der Waals surface area contributed by atoms with Crippen molar-refractivity contribution in [2.24, 2.45) is 0 Å². The first-order valence-corrected chi connectivity index (χ1v) is 7.73. The second kappa shape index (κ2) is 5.38. The lowest BCUT2D eigenvalue weighted by atomic mass is 9.91. The van der Waals surface area contributed by atoms with Gasteiger partial charge in [0.15, 0.2) is 0 Å². The summed E-state index contributed by atoms with van der Waals surface area (Å²) in [7, 11) is 0. The highest BCUT2D eigenvalue weighted by Crippen LogP contribution is 2.42. The first-order chi connectivity index (χ1) is 9.58. The zero-order valence-corrected chi connectivity index (χ0v) is 12.5. The van der Waals surface area contributed by atoms with Gasteiger partial charge in [-0.15, -0.1) is 11.6 Å². The van der Waals surface area contributed by atoms with Crippen LogP contribution in [0.15, 0.2) is 18.2 Å². The fourth-order valence-corrected chi connectivity index (χ4v) is 3.41. The molecule has 1 aromatic rings. The van der Waals surface area contributed by atoms with Gasteiger partial charge in [-0.1, -0.05) is 12.1 Å². The second-order valence-electron chi connectivity index (χ2n) is 5.95. The molecule has 2 atom stereocenters. The second-order valence-corrected chi connectivity index (χ2v) is 6.38. The van der Waals surface area contributed by atoms with Gasteiger partial charge in [0.2, 0.25) is 5.91 Å². The average molecular weight is 294 g/mol. The largest absolute Gasteiger partial charge is 0.373 e. The van der Waals surface area contributed by atoms with Crippen molar-refractivity contribution < 1.29 is 9.53 Å². The SMILES string of the molecule is CC1(C(Cl)c2ccc3c(c2)CCCC(=O)N3)CCCO1. The number of anilines is 1. The Morgan fingerprint density at radius 3 is 2.95 bits per heavy atom. The predicted molar refractivity (Wildman–Crippen MR) is 80.2 cm³/mol. The molecule has 0 saturated carbocycles. The molecule has 2 aliphatic rings. The minimum absolute atomic E-state index is 0.102. The zero-order chi connectivity index (χ0) is 14.2. The molecule has 20 heavy (non-hydrogen) atoms. The van der Waals surface area contributed by atoms with E-state index in [1.54, 1.807) is 0 Å². The van der Waals surface area contributed by atoms with E-state index >= 15 is 0 Å². The topological polar surface area (TPSA) is 38.3 Å². The van der Waals surface area contributed by atoms with Gasteiger partial charge in [-0.3, -0.25) is 4.79 Å². The van der Waals surface area contributed by atoms with Crippen LogP contribution in [0, 0.1) is 0 Å². The first kappa shape index (κ1) is 13.9. The molecule has 2 heterocycles. The van der Waals surface area contributed by atoms with Gasteiger partial charge in [-0.25, -0.2) is 0 Å². The van der Waals surface area contributed by atoms with Crippen LogP contribution in [0.3, 0.4) is 0 Å². The normalized spacial score (nSPS) is 27.6. The van der Waals surface area contributed by atoms with Crippen LogP contribution in [-0.2, 0) is 16.0 Å². The summed E-state index contributed by atoms with van der Waals surface area (Å²) in [5, 5.41) is 2.81. The monoisotopic (exact) mass is 293 g/mol. The molecule has 0 aromatic heterocycles. The van der Waals surface area contributed by atoms with E-state index in [0.717, 1.165) is 43.5 Å². The Kier molecular flexibility index (Phi) is 3.74. The molecule has 1 aromatic carbocycles. The molecule has 0 bridgehead atoms. The number of hydrogen-bond donors (Lipinski definition) is 1. The van der Waals surface area contributed by atoms with Crippen LogP contribution in [-0.4, -0.2) is 18.1 Å². The molecule has 1 fully saturated rings. The summed E-state index contributed by atoms with van der Waals surface area (Å²) >= 11 is 6.65. The van der Waals surface area contributed by atoms with Crippen molar-refractivity contribution in [1.82, 2.24) is 0 Å². The zero-order valence-electron chi connectivity index (χ0n) is 11.7. The van der Waals surface area contributed by atoms with E-state index in [1.807, 2.05) is 12.1 Å². The fraction of sp³-hybridized carbons (Fsp3) is 0.562. The molecule has 0 radical (unpaired) electrons. The van der Waals surface area contributed by atoms with Crippen LogP contribution in [0.4, 0.5) is 5.69 Å². The number of fused-ring (bicyclic) bond motifs is 1. The van der Waals surface area contributed by atoms with Gasteiger partial charge in [0.25, 0.3) is 0 Å². The van der Waals surface area contributed by atoms with E-state index in [2.05, 4.69) is 18.3 Å². The van der Waals surface area contributed by atoms with Gasteiger partial charge in [-0.2, -0.15) is 0 Å². The number of alkyl halides is 1. The van der Waals surface area contributed by atoms with Gasteiger partial charge in [0.1, 0.15) is 0 Å². The number of carbonyl (C=O) groups excluding carboxylic acids is 1. The molecule has 3 nitrogen and oxygen atoms in total. The summed E-state index contributed by atoms with van der Waals surface area (Å²) < 4.78 is 5.84. The summed E-state index contributed by atoms with van der Waals surface area (Å²) in [6, 6.07) is 6.11. The number of amides is 1. The molecule has 108 valence electrons. The van der Waals surface area contributed by atoms with Crippen molar-refractivity contribution in [3.8, 4) is 0 Å². The minimum Gasteiger partial charge on any atom is -0.373 e. The van der Waals surface area contributed by atoms with Gasteiger partial charge in [0.05, 0.1) is 11.0 Å². The predicted octanol–water partition coefficient (Wildman–Crippen LogP) is 3.81. The van der Waals surface area contributed by atoms with Crippen molar-refractivity contribution >= 4 is 23.2 Å². The Bertz CT molecular complexity index is 523. The number of rotatable bonds is 2. The van der Waals surface area contributed by atoms with Crippen LogP contribution < -0.4 is 5.32 Å². The summed E-state index contributed by atoms with van der Waals surface area (Å²) in [5.74, 6) is 0.102. The first-order valence-electron chi connectivity index (χ1n) is 7.29. The summed E-state index contributed by atoms with van der Waals surface area (Å²) in [6.07, 6.45) is 4.47. The van der Waals surface area contributed by atoms with E-state index in [4.69, 9.17) is 16.3 Å². The Morgan fingerprint density at radius 1 is 1.35 bits per heavy atom. The molecule has 1 N–H and O–H groups in total. The van der Waals surface area contributed by atoms with Crippen molar-refractivity contribution in [3.05, 3.63) is 29.3 Å². The van der Waals surface area contributed by atoms with Crippen molar-refractivity contribution in [2.45, 2.75) is 50.0 Å². The smallest absolute Gasteiger partial charge is 0.224 e. The third kappa shape index (κ3) is 2.57. The number of benzene rings is 1. The summed E-state index contributed by atoms with van der Waals surface area (Å²) in [6.45, 7) is 2.88. The highest BCUT2D eigenvalue weighted by molar-refractivity contribution is 6.21. The summed E-state index contributed by atoms with van der Waals surface area (Å²) in [5.41, 5.74) is 2.92. The third-order valence-electron chi connectivity index (χ3n) is 4.33. The molecular formula is C16H20ClNO2. The Labute approximate surface area is 124 Å². The van der Waals surface area contributed by atoms with Crippen LogP contribution in [0.25, 0.3) is 0 Å². The maximum absolute atomic E-state index is 11.6. The Balaban J connectivity index is 1.88. The molecular weight excluding hydrogens is 274 g/mol. The number of nitrogens with one attached hydrogen (secondary N) is 1. The fourth-order valence-electron chi connectivity index (χ4n) is 3.11. The molecule has 0 aliphatic carbocycles. The van der Waals surface area contributed by atoms with Crippen molar-refractivity contribution in [3.63, 3.8) is 0 Å². The lowest BCUT2D eigenvalue weighted by Crippen LogP contribution is -2.28. The third-order valence-corrected chi connectivity index (χ3v) is 5.05. The highest BCUT2D eigenvalue weighted by Gasteiger charge is 2.38. The Morgan fingerprint density at radius 2 is 2.20 bits per heavy atom. The van der Waals surface area contributed by atoms with E-state index < -0.39 is 0 Å². The van der Waals surface area contributed by atoms with Crippen LogP contribution in [0.5, 0.6) is 0 Å². The molecule has 2 unspecified atom stereocenters. The van der Waals surface area contributed by atoms with Gasteiger partial charge < -0.3 is 10.1 Å². The van der Waals surface area contributed by atoms with E-state index in [-0.39, 0.29) is 16.9 Å². The van der Waals surface area contributed by atoms with Crippen LogP contribution >= 0.6 is 11.6 Å². The van der Waals surface area contributed by atoms with E-state index in [0.29, 0.717) is 6.42 Å². The van der Waals surface area contributed by atoms with Crippen molar-refractivity contribution in [1.29, 1.82) is 0 Å². The number of hydrogen-bond acceptors (Lipinski definition) is 2. The molecule has 1 saturated heterocycles. The summed E-state index contributed by atoms with van der Waals surface area (Å²) in [4.78, 5) is 11.6. The molecule has 0 spiro atoms.